The molecule has 0 aliphatic rings. The van der Waals surface area contributed by atoms with Gasteiger partial charge in [0.05, 0.1) is 0 Å². The SMILES string of the molecule is CCNCC(C)[CH2][Sn+3].[Cl-].[Cl-].[Cl-]. The number of hydrogen-bond acceptors (Lipinski definition) is 1. The normalized spacial score (nSPS) is 10.2. The Hall–Kier alpha value is 1.63. The van der Waals surface area contributed by atoms with Gasteiger partial charge in [-0.1, -0.05) is 0 Å². The largest absolute Gasteiger partial charge is 1.00 e. The number of halogens is 3. The number of nitrogens with one attached hydrogen (secondary N) is 1. The average molecular weight is 325 g/mol. The second kappa shape index (κ2) is 17.6. The molecular formula is C6H14Cl3NSn. The summed E-state index contributed by atoms with van der Waals surface area (Å²) >= 11 is 1.66. The van der Waals surface area contributed by atoms with Crippen molar-refractivity contribution >= 4 is 22.5 Å². The molecule has 0 amide bonds. The molecule has 0 aliphatic heterocycles. The minimum absolute atomic E-state index is 0. The molecule has 1 atom stereocenters. The monoisotopic (exact) mass is 325 g/mol. The molecule has 68 valence electrons. The Bertz CT molecular complexity index is 57.1. The molecule has 1 unspecified atom stereocenters. The van der Waals surface area contributed by atoms with Crippen LogP contribution in [0.3, 0.4) is 0 Å². The molecule has 1 nitrogen and oxygen atoms in total. The predicted octanol–water partition coefficient (Wildman–Crippen LogP) is -8.17. The van der Waals surface area contributed by atoms with Gasteiger partial charge in [0.1, 0.15) is 0 Å². The van der Waals surface area contributed by atoms with Crippen LogP contribution >= 0.6 is 0 Å². The van der Waals surface area contributed by atoms with E-state index < -0.39 is 0 Å². The summed E-state index contributed by atoms with van der Waals surface area (Å²) in [7, 11) is 0. The van der Waals surface area contributed by atoms with Gasteiger partial charge in [0, 0.05) is 0 Å². The summed E-state index contributed by atoms with van der Waals surface area (Å²) in [6, 6.07) is 0. The van der Waals surface area contributed by atoms with Crippen molar-refractivity contribution in [2.45, 2.75) is 18.3 Å². The molecule has 0 aliphatic carbocycles. The summed E-state index contributed by atoms with van der Waals surface area (Å²) in [5.74, 6) is 0.883. The third kappa shape index (κ3) is 18.5. The van der Waals surface area contributed by atoms with Crippen molar-refractivity contribution in [2.24, 2.45) is 5.92 Å². The van der Waals surface area contributed by atoms with Crippen LogP contribution in [0, 0.1) is 5.92 Å². The predicted molar refractivity (Wildman–Crippen MR) is 38.3 cm³/mol. The van der Waals surface area contributed by atoms with Crippen LogP contribution in [0.25, 0.3) is 0 Å². The molecule has 0 fully saturated rings. The van der Waals surface area contributed by atoms with Crippen molar-refractivity contribution in [3.05, 3.63) is 0 Å². The van der Waals surface area contributed by atoms with Gasteiger partial charge >= 0.3 is 65.1 Å². The van der Waals surface area contributed by atoms with Gasteiger partial charge in [0.25, 0.3) is 0 Å². The Morgan fingerprint density at radius 3 is 2.00 bits per heavy atom. The van der Waals surface area contributed by atoms with Gasteiger partial charge < -0.3 is 37.2 Å². The van der Waals surface area contributed by atoms with Crippen LogP contribution in [0.1, 0.15) is 13.8 Å². The fraction of sp³-hybridized carbons (Fsp3) is 1.00. The maximum Gasteiger partial charge on any atom is -1.00 e. The van der Waals surface area contributed by atoms with Gasteiger partial charge in [0.15, 0.2) is 0 Å². The summed E-state index contributed by atoms with van der Waals surface area (Å²) in [4.78, 5) is 0. The van der Waals surface area contributed by atoms with Crippen molar-refractivity contribution in [1.82, 2.24) is 5.32 Å². The van der Waals surface area contributed by atoms with E-state index in [-0.39, 0.29) is 37.2 Å². The third-order valence-electron chi connectivity index (χ3n) is 1.09. The van der Waals surface area contributed by atoms with E-state index in [9.17, 15) is 0 Å². The molecule has 0 aromatic carbocycles. The first-order chi connectivity index (χ1) is 3.81. The Morgan fingerprint density at radius 1 is 1.27 bits per heavy atom. The van der Waals surface area contributed by atoms with E-state index in [0.29, 0.717) is 0 Å². The van der Waals surface area contributed by atoms with Crippen molar-refractivity contribution in [3.63, 3.8) is 0 Å². The van der Waals surface area contributed by atoms with Gasteiger partial charge in [-0.3, -0.25) is 0 Å². The first kappa shape index (κ1) is 22.9. The van der Waals surface area contributed by atoms with Crippen molar-refractivity contribution in [2.75, 3.05) is 13.1 Å². The standard InChI is InChI=1S/C6H14N.3ClH.Sn/c1-4-7-5-6(2)3;;;;/h6-7H,2,4-5H2,1,3H3;3*1H;/q;;;;+3/p-3. The molecule has 5 heteroatoms. The fourth-order valence-electron chi connectivity index (χ4n) is 0.463. The van der Waals surface area contributed by atoms with Gasteiger partial charge in [0.2, 0.25) is 0 Å². The zero-order chi connectivity index (χ0) is 6.41. The molecule has 11 heavy (non-hydrogen) atoms. The molecule has 0 saturated carbocycles. The Morgan fingerprint density at radius 2 is 1.73 bits per heavy atom. The van der Waals surface area contributed by atoms with Crippen LogP contribution < -0.4 is 42.5 Å². The van der Waals surface area contributed by atoms with E-state index in [0.717, 1.165) is 12.5 Å². The topological polar surface area (TPSA) is 12.0 Å². The van der Waals surface area contributed by atoms with Crippen LogP contribution in [0.4, 0.5) is 0 Å². The van der Waals surface area contributed by atoms with Crippen LogP contribution in [0.2, 0.25) is 4.44 Å². The summed E-state index contributed by atoms with van der Waals surface area (Å²) in [6.07, 6.45) is 0. The van der Waals surface area contributed by atoms with E-state index in [2.05, 4.69) is 19.2 Å². The Balaban J connectivity index is -0.0000000817. The molecule has 0 radical (unpaired) electrons. The van der Waals surface area contributed by atoms with E-state index >= 15 is 0 Å². The second-order valence-electron chi connectivity index (χ2n) is 2.12. The first-order valence-corrected chi connectivity index (χ1v) is 5.18. The van der Waals surface area contributed by atoms with Gasteiger partial charge in [-0.25, -0.2) is 0 Å². The summed E-state index contributed by atoms with van der Waals surface area (Å²) in [5, 5.41) is 3.31. The average Bonchev–Trinajstić information content (AvgIpc) is 1.83. The van der Waals surface area contributed by atoms with E-state index in [4.69, 9.17) is 0 Å². The van der Waals surface area contributed by atoms with Crippen molar-refractivity contribution < 1.29 is 37.2 Å². The fourth-order valence-corrected chi connectivity index (χ4v) is 0.875. The van der Waals surface area contributed by atoms with Crippen molar-refractivity contribution in [1.29, 1.82) is 0 Å². The molecule has 0 rings (SSSR count). The molecule has 0 heterocycles. The minimum Gasteiger partial charge on any atom is -1.00 e. The minimum atomic E-state index is 0. The first-order valence-electron chi connectivity index (χ1n) is 3.16. The van der Waals surface area contributed by atoms with Crippen molar-refractivity contribution in [3.8, 4) is 0 Å². The Labute approximate surface area is 102 Å². The zero-order valence-electron chi connectivity index (χ0n) is 6.83. The molecule has 0 saturated heterocycles. The van der Waals surface area contributed by atoms with Gasteiger partial charge in [-0.2, -0.15) is 0 Å². The maximum absolute atomic E-state index is 3.31. The molecular weight excluding hydrogens is 311 g/mol. The third-order valence-corrected chi connectivity index (χ3v) is 3.08. The second-order valence-corrected chi connectivity index (χ2v) is 3.28. The molecule has 1 N–H and O–H groups in total. The van der Waals surface area contributed by atoms with Crippen LogP contribution in [0.5, 0.6) is 0 Å². The smallest absolute Gasteiger partial charge is 1.00 e. The molecule has 0 aromatic heterocycles. The molecule has 0 bridgehead atoms. The van der Waals surface area contributed by atoms with Crippen LogP contribution in [0.15, 0.2) is 0 Å². The van der Waals surface area contributed by atoms with Crippen LogP contribution in [-0.4, -0.2) is 35.6 Å². The maximum atomic E-state index is 3.31. The number of hydrogen-bond donors (Lipinski definition) is 1. The van der Waals surface area contributed by atoms with Gasteiger partial charge in [-0.05, 0) is 0 Å². The molecule has 0 aromatic rings. The zero-order valence-corrected chi connectivity index (χ0v) is 12.0. The van der Waals surface area contributed by atoms with Gasteiger partial charge in [-0.15, -0.1) is 0 Å². The van der Waals surface area contributed by atoms with E-state index in [1.165, 1.54) is 11.0 Å². The summed E-state index contributed by atoms with van der Waals surface area (Å²) in [5.41, 5.74) is 0. The van der Waals surface area contributed by atoms with Crippen LogP contribution in [-0.2, 0) is 0 Å². The Kier molecular flexibility index (Phi) is 36.8. The quantitative estimate of drug-likeness (QED) is 0.507. The summed E-state index contributed by atoms with van der Waals surface area (Å²) in [6.45, 7) is 6.75. The summed E-state index contributed by atoms with van der Waals surface area (Å²) < 4.78 is 1.37. The molecule has 0 spiro atoms. The number of rotatable bonds is 4. The van der Waals surface area contributed by atoms with E-state index in [1.54, 1.807) is 22.5 Å². The van der Waals surface area contributed by atoms with E-state index in [1.807, 2.05) is 0 Å².